The summed E-state index contributed by atoms with van der Waals surface area (Å²) in [7, 11) is 0. The molecular formula is C26H25NO2. The van der Waals surface area contributed by atoms with Gasteiger partial charge in [-0.15, -0.1) is 0 Å². The summed E-state index contributed by atoms with van der Waals surface area (Å²) >= 11 is 0. The Balaban J connectivity index is 1.61. The highest BCUT2D eigenvalue weighted by Gasteiger charge is 2.42. The number of carbonyl (C=O) groups is 2. The minimum absolute atomic E-state index is 0.0377. The van der Waals surface area contributed by atoms with Crippen molar-refractivity contribution < 1.29 is 9.59 Å². The third kappa shape index (κ3) is 2.57. The fourth-order valence-corrected chi connectivity index (χ4v) is 5.26. The van der Waals surface area contributed by atoms with E-state index in [0.29, 0.717) is 19.5 Å². The van der Waals surface area contributed by atoms with Gasteiger partial charge in [0.05, 0.1) is 0 Å². The van der Waals surface area contributed by atoms with Gasteiger partial charge in [-0.05, 0) is 58.9 Å². The van der Waals surface area contributed by atoms with E-state index in [-0.39, 0.29) is 11.7 Å². The van der Waals surface area contributed by atoms with Gasteiger partial charge >= 0.3 is 0 Å². The molecule has 0 saturated carbocycles. The smallest absolute Gasteiger partial charge is 0.255 e. The van der Waals surface area contributed by atoms with Gasteiger partial charge in [-0.3, -0.25) is 9.59 Å². The molecule has 0 saturated heterocycles. The lowest BCUT2D eigenvalue weighted by Gasteiger charge is -2.30. The molecule has 0 N–H and O–H groups in total. The van der Waals surface area contributed by atoms with Crippen molar-refractivity contribution >= 4 is 22.5 Å². The van der Waals surface area contributed by atoms with E-state index in [1.165, 1.54) is 21.9 Å². The van der Waals surface area contributed by atoms with Gasteiger partial charge in [0.2, 0.25) is 0 Å². The molecule has 0 atom stereocenters. The number of Topliss-reactive ketones (excluding diaryl/α,β-unsaturated/α-hetero) is 1. The van der Waals surface area contributed by atoms with Gasteiger partial charge in [-0.25, -0.2) is 0 Å². The number of hydrogen-bond donors (Lipinski definition) is 0. The van der Waals surface area contributed by atoms with Crippen molar-refractivity contribution in [3.63, 3.8) is 0 Å². The van der Waals surface area contributed by atoms with E-state index in [2.05, 4.69) is 36.4 Å². The predicted octanol–water partition coefficient (Wildman–Crippen LogP) is 5.38. The molecule has 1 aliphatic heterocycles. The molecule has 2 aliphatic rings. The Hall–Kier alpha value is -2.94. The third-order valence-corrected chi connectivity index (χ3v) is 6.59. The van der Waals surface area contributed by atoms with Gasteiger partial charge < -0.3 is 4.90 Å². The molecule has 1 heterocycles. The summed E-state index contributed by atoms with van der Waals surface area (Å²) in [6.45, 7) is 9.15. The molecule has 5 rings (SSSR count). The van der Waals surface area contributed by atoms with Gasteiger partial charge in [-0.1, -0.05) is 56.3 Å². The van der Waals surface area contributed by atoms with Crippen LogP contribution in [-0.2, 0) is 19.5 Å². The number of fused-ring (bicyclic) bond motifs is 1. The third-order valence-electron chi connectivity index (χ3n) is 6.59. The second kappa shape index (κ2) is 6.03. The average molecular weight is 383 g/mol. The highest BCUT2D eigenvalue weighted by atomic mass is 16.2. The Morgan fingerprint density at radius 3 is 2.21 bits per heavy atom. The number of hydrogen-bond acceptors (Lipinski definition) is 2. The maximum Gasteiger partial charge on any atom is 0.255 e. The van der Waals surface area contributed by atoms with Crippen molar-refractivity contribution in [2.45, 2.75) is 47.2 Å². The topological polar surface area (TPSA) is 37.4 Å². The summed E-state index contributed by atoms with van der Waals surface area (Å²) in [5, 5.41) is 2.51. The number of aryl methyl sites for hydroxylation is 2. The zero-order valence-corrected chi connectivity index (χ0v) is 17.4. The normalized spacial score (nSPS) is 17.0. The highest BCUT2D eigenvalue weighted by Crippen LogP contribution is 2.41. The summed E-state index contributed by atoms with van der Waals surface area (Å²) in [6, 6.07) is 14.6. The number of carbonyl (C=O) groups excluding carboxylic acids is 2. The number of rotatable bonds is 1. The molecule has 3 aromatic rings. The molecule has 0 spiro atoms. The van der Waals surface area contributed by atoms with Gasteiger partial charge in [0.1, 0.15) is 0 Å². The zero-order valence-electron chi connectivity index (χ0n) is 17.4. The summed E-state index contributed by atoms with van der Waals surface area (Å²) in [4.78, 5) is 28.7. The Morgan fingerprint density at radius 2 is 1.59 bits per heavy atom. The van der Waals surface area contributed by atoms with Crippen LogP contribution in [0, 0.1) is 19.3 Å². The zero-order chi connectivity index (χ0) is 20.5. The first-order valence-corrected chi connectivity index (χ1v) is 10.2. The maximum atomic E-state index is 13.8. The van der Waals surface area contributed by atoms with E-state index in [1.807, 2.05) is 38.7 Å². The van der Waals surface area contributed by atoms with Crippen LogP contribution in [-0.4, -0.2) is 16.6 Å². The lowest BCUT2D eigenvalue weighted by molar-refractivity contribution is 0.0724. The standard InChI is InChI=1S/C26H25NO2/c1-15-11-16(2)22(20-12-26(3,4)24(28)21(15)20)25(29)27-13-18-9-5-7-17-8-6-10-19(14-27)23(17)18/h5-11H,12-14H2,1-4H3. The summed E-state index contributed by atoms with van der Waals surface area (Å²) in [6.07, 6.45) is 0.630. The molecule has 29 heavy (non-hydrogen) atoms. The molecule has 0 bridgehead atoms. The second-order valence-corrected chi connectivity index (χ2v) is 9.22. The highest BCUT2D eigenvalue weighted by molar-refractivity contribution is 6.10. The van der Waals surface area contributed by atoms with E-state index in [1.54, 1.807) is 0 Å². The first-order valence-electron chi connectivity index (χ1n) is 10.2. The number of benzene rings is 3. The summed E-state index contributed by atoms with van der Waals surface area (Å²) in [5.74, 6) is 0.198. The molecule has 3 heteroatoms. The first-order chi connectivity index (χ1) is 13.8. The van der Waals surface area contributed by atoms with Crippen LogP contribution in [0.5, 0.6) is 0 Å². The molecule has 0 aromatic heterocycles. The minimum Gasteiger partial charge on any atom is -0.330 e. The van der Waals surface area contributed by atoms with Crippen LogP contribution >= 0.6 is 0 Å². The Kier molecular flexibility index (Phi) is 3.76. The molecule has 0 radical (unpaired) electrons. The van der Waals surface area contributed by atoms with E-state index < -0.39 is 5.41 Å². The van der Waals surface area contributed by atoms with Gasteiger partial charge in [0.15, 0.2) is 5.78 Å². The predicted molar refractivity (Wildman–Crippen MR) is 115 cm³/mol. The summed E-state index contributed by atoms with van der Waals surface area (Å²) < 4.78 is 0. The van der Waals surface area contributed by atoms with Crippen LogP contribution in [0.4, 0.5) is 0 Å². The van der Waals surface area contributed by atoms with Gasteiger partial charge in [-0.2, -0.15) is 0 Å². The van der Waals surface area contributed by atoms with Crippen molar-refractivity contribution in [2.24, 2.45) is 5.41 Å². The molecule has 3 aromatic carbocycles. The van der Waals surface area contributed by atoms with Crippen LogP contribution in [0.2, 0.25) is 0 Å². The van der Waals surface area contributed by atoms with Crippen molar-refractivity contribution in [3.8, 4) is 0 Å². The number of nitrogens with zero attached hydrogens (tertiary/aromatic N) is 1. The molecular weight excluding hydrogens is 358 g/mol. The molecule has 146 valence electrons. The van der Waals surface area contributed by atoms with Crippen LogP contribution in [0.3, 0.4) is 0 Å². The van der Waals surface area contributed by atoms with Crippen LogP contribution in [0.1, 0.15) is 62.4 Å². The SMILES string of the molecule is Cc1cc(C)c2c(c1C(=O)N1Cc3cccc4cccc(c34)C1)CC(C)(C)C2=O. The fraction of sp³-hybridized carbons (Fsp3) is 0.308. The molecule has 1 aliphatic carbocycles. The largest absolute Gasteiger partial charge is 0.330 e. The molecule has 0 unspecified atom stereocenters. The van der Waals surface area contributed by atoms with Crippen molar-refractivity contribution in [2.75, 3.05) is 0 Å². The van der Waals surface area contributed by atoms with Crippen LogP contribution in [0.15, 0.2) is 42.5 Å². The van der Waals surface area contributed by atoms with Crippen molar-refractivity contribution in [1.29, 1.82) is 0 Å². The molecule has 1 amide bonds. The first kappa shape index (κ1) is 18.1. The van der Waals surface area contributed by atoms with Crippen molar-refractivity contribution in [3.05, 3.63) is 81.4 Å². The average Bonchev–Trinajstić information content (AvgIpc) is 2.91. The van der Waals surface area contributed by atoms with Gasteiger partial charge in [0.25, 0.3) is 5.91 Å². The Morgan fingerprint density at radius 1 is 0.966 bits per heavy atom. The molecule has 0 fully saturated rings. The van der Waals surface area contributed by atoms with E-state index in [0.717, 1.165) is 27.8 Å². The van der Waals surface area contributed by atoms with Crippen molar-refractivity contribution in [1.82, 2.24) is 4.90 Å². The Labute approximate surface area is 171 Å². The minimum atomic E-state index is -0.448. The quantitative estimate of drug-likeness (QED) is 0.566. The van der Waals surface area contributed by atoms with E-state index in [9.17, 15) is 9.59 Å². The fourth-order valence-electron chi connectivity index (χ4n) is 5.26. The number of amides is 1. The number of ketones is 1. The lowest BCUT2D eigenvalue weighted by atomic mass is 9.88. The van der Waals surface area contributed by atoms with Gasteiger partial charge in [0, 0.05) is 29.6 Å². The second-order valence-electron chi connectivity index (χ2n) is 9.22. The van der Waals surface area contributed by atoms with Crippen LogP contribution < -0.4 is 0 Å². The Bertz CT molecular complexity index is 1180. The maximum absolute atomic E-state index is 13.8. The summed E-state index contributed by atoms with van der Waals surface area (Å²) in [5.41, 5.74) is 6.33. The molecule has 3 nitrogen and oxygen atoms in total. The van der Waals surface area contributed by atoms with Crippen LogP contribution in [0.25, 0.3) is 10.8 Å². The van der Waals surface area contributed by atoms with E-state index >= 15 is 0 Å². The monoisotopic (exact) mass is 383 g/mol. The van der Waals surface area contributed by atoms with E-state index in [4.69, 9.17) is 0 Å². The lowest BCUT2D eigenvalue weighted by Crippen LogP contribution is -2.34.